The van der Waals surface area contributed by atoms with Crippen molar-refractivity contribution in [3.05, 3.63) is 65.2 Å². The second kappa shape index (κ2) is 13.8. The maximum absolute atomic E-state index is 13.3. The van der Waals surface area contributed by atoms with Gasteiger partial charge >= 0.3 is 0 Å². The van der Waals surface area contributed by atoms with Gasteiger partial charge in [0.25, 0.3) is 0 Å². The van der Waals surface area contributed by atoms with Gasteiger partial charge in [0, 0.05) is 18.8 Å². The minimum Gasteiger partial charge on any atom is -0.497 e. The molecule has 0 aliphatic rings. The highest BCUT2D eigenvalue weighted by Crippen LogP contribution is 2.20. The number of hydrogen-bond acceptors (Lipinski definition) is 4. The van der Waals surface area contributed by atoms with Crippen LogP contribution in [-0.2, 0) is 21.9 Å². The van der Waals surface area contributed by atoms with E-state index >= 15 is 0 Å². The maximum Gasteiger partial charge on any atom is 0.242 e. The normalized spacial score (nSPS) is 11.6. The van der Waals surface area contributed by atoms with Crippen molar-refractivity contribution < 1.29 is 14.3 Å². The molecule has 0 unspecified atom stereocenters. The summed E-state index contributed by atoms with van der Waals surface area (Å²) in [5.74, 6) is 1.78. The zero-order valence-electron chi connectivity index (χ0n) is 19.7. The van der Waals surface area contributed by atoms with Crippen molar-refractivity contribution in [2.75, 3.05) is 19.4 Å². The number of ether oxygens (including phenoxy) is 1. The Balaban J connectivity index is 2.12. The van der Waals surface area contributed by atoms with Crippen LogP contribution in [0.25, 0.3) is 0 Å². The number of amides is 2. The lowest BCUT2D eigenvalue weighted by atomic mass is 10.1. The highest BCUT2D eigenvalue weighted by Gasteiger charge is 2.28. The molecule has 2 amide bonds. The number of methoxy groups -OCH3 is 1. The SMILES string of the molecule is CCCCNC(=O)[C@H](CC)N(Cc1ccc(OC)cc1)C(=O)CSCc1ccccc1C. The lowest BCUT2D eigenvalue weighted by molar-refractivity contribution is -0.139. The molecule has 0 bridgehead atoms. The second-order valence-corrected chi connectivity index (χ2v) is 8.84. The summed E-state index contributed by atoms with van der Waals surface area (Å²) < 4.78 is 5.24. The molecule has 2 rings (SSSR count). The Labute approximate surface area is 196 Å². The minimum absolute atomic E-state index is 0.0168. The lowest BCUT2D eigenvalue weighted by Crippen LogP contribution is -2.49. The van der Waals surface area contributed by atoms with E-state index in [4.69, 9.17) is 4.74 Å². The minimum atomic E-state index is -0.486. The van der Waals surface area contributed by atoms with Crippen molar-refractivity contribution in [3.8, 4) is 5.75 Å². The van der Waals surface area contributed by atoms with Crippen molar-refractivity contribution in [1.29, 1.82) is 0 Å². The Kier molecular flexibility index (Phi) is 11.2. The number of rotatable bonds is 13. The monoisotopic (exact) mass is 456 g/mol. The van der Waals surface area contributed by atoms with Gasteiger partial charge in [-0.25, -0.2) is 0 Å². The Bertz CT molecular complexity index is 854. The second-order valence-electron chi connectivity index (χ2n) is 7.86. The first-order chi connectivity index (χ1) is 15.5. The molecular weight excluding hydrogens is 420 g/mol. The molecule has 1 N–H and O–H groups in total. The molecule has 0 saturated heterocycles. The Hall–Kier alpha value is -2.47. The van der Waals surface area contributed by atoms with E-state index in [1.54, 1.807) is 23.8 Å². The molecule has 5 nitrogen and oxygen atoms in total. The molecule has 0 spiro atoms. The average Bonchev–Trinajstić information content (AvgIpc) is 2.80. The van der Waals surface area contributed by atoms with Crippen LogP contribution in [-0.4, -0.2) is 42.2 Å². The van der Waals surface area contributed by atoms with E-state index in [1.165, 1.54) is 11.1 Å². The quantitative estimate of drug-likeness (QED) is 0.433. The predicted molar refractivity (Wildman–Crippen MR) is 133 cm³/mol. The van der Waals surface area contributed by atoms with Gasteiger partial charge < -0.3 is 15.0 Å². The van der Waals surface area contributed by atoms with Crippen LogP contribution in [0.15, 0.2) is 48.5 Å². The number of carbonyl (C=O) groups is 2. The van der Waals surface area contributed by atoms with Gasteiger partial charge in [0.2, 0.25) is 11.8 Å². The summed E-state index contributed by atoms with van der Waals surface area (Å²) in [5.41, 5.74) is 3.43. The van der Waals surface area contributed by atoms with Gasteiger partial charge in [0.1, 0.15) is 11.8 Å². The molecule has 0 aliphatic carbocycles. The number of nitrogens with one attached hydrogen (secondary N) is 1. The van der Waals surface area contributed by atoms with Crippen molar-refractivity contribution in [2.24, 2.45) is 0 Å². The predicted octanol–water partition coefficient (Wildman–Crippen LogP) is 4.96. The Morgan fingerprint density at radius 2 is 1.81 bits per heavy atom. The molecule has 2 aromatic carbocycles. The molecular formula is C26H36N2O3S. The summed E-state index contributed by atoms with van der Waals surface area (Å²) in [6.07, 6.45) is 2.52. The number of nitrogens with zero attached hydrogens (tertiary/aromatic N) is 1. The summed E-state index contributed by atoms with van der Waals surface area (Å²) >= 11 is 1.59. The lowest BCUT2D eigenvalue weighted by Gasteiger charge is -2.30. The summed E-state index contributed by atoms with van der Waals surface area (Å²) in [6, 6.07) is 15.4. The Morgan fingerprint density at radius 3 is 2.44 bits per heavy atom. The topological polar surface area (TPSA) is 58.6 Å². The zero-order valence-corrected chi connectivity index (χ0v) is 20.5. The van der Waals surface area contributed by atoms with Gasteiger partial charge in [-0.1, -0.05) is 56.7 Å². The molecule has 1 atom stereocenters. The van der Waals surface area contributed by atoms with Crippen LogP contribution in [0, 0.1) is 6.92 Å². The zero-order chi connectivity index (χ0) is 23.3. The van der Waals surface area contributed by atoms with Crippen LogP contribution in [0.2, 0.25) is 0 Å². The third kappa shape index (κ3) is 7.90. The summed E-state index contributed by atoms with van der Waals surface area (Å²) in [5, 5.41) is 3.00. The first kappa shape index (κ1) is 25.8. The molecule has 0 radical (unpaired) electrons. The van der Waals surface area contributed by atoms with E-state index in [2.05, 4.69) is 31.3 Å². The number of unbranched alkanes of at least 4 members (excludes halogenated alkanes) is 1. The van der Waals surface area contributed by atoms with Gasteiger partial charge in [-0.3, -0.25) is 9.59 Å². The first-order valence-corrected chi connectivity index (χ1v) is 12.5. The van der Waals surface area contributed by atoms with E-state index in [1.807, 2.05) is 43.3 Å². The molecule has 32 heavy (non-hydrogen) atoms. The van der Waals surface area contributed by atoms with Crippen LogP contribution in [0.4, 0.5) is 0 Å². The van der Waals surface area contributed by atoms with Crippen LogP contribution >= 0.6 is 11.8 Å². The van der Waals surface area contributed by atoms with E-state index < -0.39 is 6.04 Å². The molecule has 0 aliphatic heterocycles. The van der Waals surface area contributed by atoms with Crippen LogP contribution in [0.1, 0.15) is 49.8 Å². The molecule has 0 heterocycles. The van der Waals surface area contributed by atoms with Crippen molar-refractivity contribution in [2.45, 2.75) is 58.4 Å². The molecule has 174 valence electrons. The van der Waals surface area contributed by atoms with Crippen molar-refractivity contribution in [1.82, 2.24) is 10.2 Å². The van der Waals surface area contributed by atoms with Crippen molar-refractivity contribution in [3.63, 3.8) is 0 Å². The van der Waals surface area contributed by atoms with E-state index in [-0.39, 0.29) is 11.8 Å². The molecule has 0 fully saturated rings. The molecule has 6 heteroatoms. The fraction of sp³-hybridized carbons (Fsp3) is 0.462. The molecule has 0 aromatic heterocycles. The van der Waals surface area contributed by atoms with Gasteiger partial charge in [-0.2, -0.15) is 0 Å². The number of thioether (sulfide) groups is 1. The smallest absolute Gasteiger partial charge is 0.242 e. The highest BCUT2D eigenvalue weighted by molar-refractivity contribution is 7.99. The number of hydrogen-bond donors (Lipinski definition) is 1. The van der Waals surface area contributed by atoms with E-state index in [9.17, 15) is 9.59 Å². The van der Waals surface area contributed by atoms with Crippen LogP contribution < -0.4 is 10.1 Å². The van der Waals surface area contributed by atoms with Gasteiger partial charge in [-0.15, -0.1) is 11.8 Å². The van der Waals surface area contributed by atoms with Gasteiger partial charge in [-0.05, 0) is 48.6 Å². The standard InChI is InChI=1S/C26H36N2O3S/c1-5-7-16-27-26(30)24(6-2)28(17-21-12-14-23(31-4)15-13-21)25(29)19-32-18-22-11-9-8-10-20(22)3/h8-15,24H,5-7,16-19H2,1-4H3,(H,27,30)/t24-/m0/s1. The van der Waals surface area contributed by atoms with Crippen molar-refractivity contribution >= 4 is 23.6 Å². The van der Waals surface area contributed by atoms with E-state index in [0.717, 1.165) is 29.9 Å². The Morgan fingerprint density at radius 1 is 1.09 bits per heavy atom. The number of aryl methyl sites for hydroxylation is 1. The third-order valence-electron chi connectivity index (χ3n) is 5.47. The largest absolute Gasteiger partial charge is 0.497 e. The number of benzene rings is 2. The van der Waals surface area contributed by atoms with Crippen LogP contribution in [0.5, 0.6) is 5.75 Å². The average molecular weight is 457 g/mol. The fourth-order valence-electron chi connectivity index (χ4n) is 3.46. The number of carbonyl (C=O) groups excluding carboxylic acids is 2. The summed E-state index contributed by atoms with van der Waals surface area (Å²) in [7, 11) is 1.63. The van der Waals surface area contributed by atoms with Crippen LogP contribution in [0.3, 0.4) is 0 Å². The van der Waals surface area contributed by atoms with Gasteiger partial charge in [0.05, 0.1) is 12.9 Å². The van der Waals surface area contributed by atoms with Gasteiger partial charge in [0.15, 0.2) is 0 Å². The maximum atomic E-state index is 13.3. The molecule has 2 aromatic rings. The summed E-state index contributed by atoms with van der Waals surface area (Å²) in [6.45, 7) is 7.17. The summed E-state index contributed by atoms with van der Waals surface area (Å²) in [4.78, 5) is 27.9. The first-order valence-electron chi connectivity index (χ1n) is 11.3. The van der Waals surface area contributed by atoms with E-state index in [0.29, 0.717) is 25.3 Å². The third-order valence-corrected chi connectivity index (χ3v) is 6.44. The fourth-order valence-corrected chi connectivity index (χ4v) is 4.44. The molecule has 0 saturated carbocycles. The highest BCUT2D eigenvalue weighted by atomic mass is 32.2.